The molecule has 0 atom stereocenters. The van der Waals surface area contributed by atoms with Gasteiger partial charge in [-0.05, 0) is 30.3 Å². The van der Waals surface area contributed by atoms with Crippen molar-refractivity contribution in [3.63, 3.8) is 0 Å². The molecule has 1 N–H and O–H groups in total. The molecule has 5 nitrogen and oxygen atoms in total. The van der Waals surface area contributed by atoms with Gasteiger partial charge in [-0.1, -0.05) is 29.8 Å². The molecular formula is C21H19ClN2O3. The maximum atomic E-state index is 13.0. The minimum Gasteiger partial charge on any atom is -0.493 e. The number of halogens is 1. The molecule has 2 aromatic carbocycles. The monoisotopic (exact) mass is 382 g/mol. The van der Waals surface area contributed by atoms with E-state index in [1.807, 2.05) is 35.2 Å². The zero-order chi connectivity index (χ0) is 18.8. The van der Waals surface area contributed by atoms with Crippen LogP contribution in [-0.4, -0.2) is 40.1 Å². The first-order chi connectivity index (χ1) is 13.1. The minimum atomic E-state index is -0.141. The average Bonchev–Trinajstić information content (AvgIpc) is 2.69. The Labute approximate surface area is 162 Å². The van der Waals surface area contributed by atoms with Gasteiger partial charge in [-0.25, -0.2) is 4.98 Å². The highest BCUT2D eigenvalue weighted by atomic mass is 35.5. The molecule has 0 bridgehead atoms. The first kappa shape index (κ1) is 17.6. The average molecular weight is 383 g/mol. The van der Waals surface area contributed by atoms with E-state index in [4.69, 9.17) is 16.3 Å². The SMILES string of the molecule is O=C(c1cc(O)nc2ccccc12)N1CCC(Oc2ccc(Cl)cc2)CC1. The molecule has 2 heterocycles. The number of hydrogen-bond donors (Lipinski definition) is 1. The van der Waals surface area contributed by atoms with Crippen molar-refractivity contribution in [3.8, 4) is 11.6 Å². The molecule has 1 saturated heterocycles. The third-order valence-corrected chi connectivity index (χ3v) is 5.03. The molecule has 1 fully saturated rings. The molecule has 3 aromatic rings. The molecule has 138 valence electrons. The van der Waals surface area contributed by atoms with Gasteiger partial charge in [0.15, 0.2) is 0 Å². The van der Waals surface area contributed by atoms with E-state index in [0.717, 1.165) is 24.0 Å². The Hall–Kier alpha value is -2.79. The van der Waals surface area contributed by atoms with Crippen LogP contribution < -0.4 is 4.74 Å². The minimum absolute atomic E-state index is 0.0674. The van der Waals surface area contributed by atoms with Crippen molar-refractivity contribution in [1.29, 1.82) is 0 Å². The van der Waals surface area contributed by atoms with Gasteiger partial charge in [0.1, 0.15) is 11.9 Å². The smallest absolute Gasteiger partial charge is 0.254 e. The predicted molar refractivity (Wildman–Crippen MR) is 104 cm³/mol. The van der Waals surface area contributed by atoms with Gasteiger partial charge in [-0.3, -0.25) is 4.79 Å². The van der Waals surface area contributed by atoms with Crippen LogP contribution in [-0.2, 0) is 0 Å². The van der Waals surface area contributed by atoms with Crippen LogP contribution in [0.3, 0.4) is 0 Å². The highest BCUT2D eigenvalue weighted by Gasteiger charge is 2.26. The number of aromatic hydroxyl groups is 1. The Morgan fingerprint density at radius 3 is 2.56 bits per heavy atom. The first-order valence-corrected chi connectivity index (χ1v) is 9.28. The number of ether oxygens (including phenoxy) is 1. The van der Waals surface area contributed by atoms with E-state index >= 15 is 0 Å². The quantitative estimate of drug-likeness (QED) is 0.734. The summed E-state index contributed by atoms with van der Waals surface area (Å²) in [5.74, 6) is 0.557. The molecule has 27 heavy (non-hydrogen) atoms. The normalized spacial score (nSPS) is 15.1. The van der Waals surface area contributed by atoms with E-state index < -0.39 is 0 Å². The van der Waals surface area contributed by atoms with Crippen molar-refractivity contribution in [2.75, 3.05) is 13.1 Å². The molecule has 1 aliphatic heterocycles. The fourth-order valence-corrected chi connectivity index (χ4v) is 3.52. The van der Waals surface area contributed by atoms with E-state index in [1.165, 1.54) is 6.07 Å². The summed E-state index contributed by atoms with van der Waals surface area (Å²) < 4.78 is 5.99. The third kappa shape index (κ3) is 3.83. The summed E-state index contributed by atoms with van der Waals surface area (Å²) in [6.07, 6.45) is 1.57. The van der Waals surface area contributed by atoms with Gasteiger partial charge in [0, 0.05) is 42.4 Å². The second-order valence-electron chi connectivity index (χ2n) is 6.61. The molecule has 4 rings (SSSR count). The number of rotatable bonds is 3. The number of hydrogen-bond acceptors (Lipinski definition) is 4. The van der Waals surface area contributed by atoms with Crippen LogP contribution in [0.1, 0.15) is 23.2 Å². The first-order valence-electron chi connectivity index (χ1n) is 8.90. The molecule has 1 aliphatic rings. The number of fused-ring (bicyclic) bond motifs is 1. The lowest BCUT2D eigenvalue weighted by molar-refractivity contribution is 0.0597. The van der Waals surface area contributed by atoms with E-state index in [9.17, 15) is 9.90 Å². The lowest BCUT2D eigenvalue weighted by atomic mass is 10.0. The van der Waals surface area contributed by atoms with Crippen LogP contribution >= 0.6 is 11.6 Å². The van der Waals surface area contributed by atoms with Crippen LogP contribution in [0.5, 0.6) is 11.6 Å². The number of aromatic nitrogens is 1. The van der Waals surface area contributed by atoms with Crippen molar-refractivity contribution in [3.05, 3.63) is 65.2 Å². The van der Waals surface area contributed by atoms with Crippen molar-refractivity contribution >= 4 is 28.4 Å². The number of piperidine rings is 1. The highest BCUT2D eigenvalue weighted by Crippen LogP contribution is 2.25. The summed E-state index contributed by atoms with van der Waals surface area (Å²) in [7, 11) is 0. The van der Waals surface area contributed by atoms with E-state index in [2.05, 4.69) is 4.98 Å². The molecule has 0 radical (unpaired) electrons. The lowest BCUT2D eigenvalue weighted by Crippen LogP contribution is -2.41. The zero-order valence-electron chi connectivity index (χ0n) is 14.6. The van der Waals surface area contributed by atoms with Crippen LogP contribution in [0.25, 0.3) is 10.9 Å². The lowest BCUT2D eigenvalue weighted by Gasteiger charge is -2.32. The number of likely N-dealkylation sites (tertiary alicyclic amines) is 1. The number of nitrogens with zero attached hydrogens (tertiary/aromatic N) is 2. The summed E-state index contributed by atoms with van der Waals surface area (Å²) in [6, 6.07) is 16.1. The highest BCUT2D eigenvalue weighted by molar-refractivity contribution is 6.30. The van der Waals surface area contributed by atoms with Crippen molar-refractivity contribution in [2.24, 2.45) is 0 Å². The van der Waals surface area contributed by atoms with Crippen molar-refractivity contribution in [2.45, 2.75) is 18.9 Å². The third-order valence-electron chi connectivity index (χ3n) is 4.78. The van der Waals surface area contributed by atoms with Crippen molar-refractivity contribution < 1.29 is 14.6 Å². The standard InChI is InChI=1S/C21H19ClN2O3/c22-14-5-7-15(8-6-14)27-16-9-11-24(12-10-16)21(26)18-13-20(25)23-19-4-2-1-3-17(18)19/h1-8,13,16H,9-12H2,(H,23,25). The Balaban J connectivity index is 1.45. The van der Waals surface area contributed by atoms with Crippen molar-refractivity contribution in [1.82, 2.24) is 9.88 Å². The Kier molecular flexibility index (Phi) is 4.86. The van der Waals surface area contributed by atoms with E-state index in [0.29, 0.717) is 29.2 Å². The van der Waals surface area contributed by atoms with Gasteiger partial charge < -0.3 is 14.7 Å². The summed E-state index contributed by atoms with van der Waals surface area (Å²) in [5, 5.41) is 11.3. The molecule has 1 amide bonds. The number of carbonyl (C=O) groups is 1. The van der Waals surface area contributed by atoms with Gasteiger partial charge in [-0.2, -0.15) is 0 Å². The maximum Gasteiger partial charge on any atom is 0.254 e. The van der Waals surface area contributed by atoms with Gasteiger partial charge in [-0.15, -0.1) is 0 Å². The van der Waals surface area contributed by atoms with Crippen LogP contribution in [0.2, 0.25) is 5.02 Å². The van der Waals surface area contributed by atoms with E-state index in [1.54, 1.807) is 18.2 Å². The van der Waals surface area contributed by atoms with Crippen LogP contribution in [0, 0.1) is 0 Å². The summed E-state index contributed by atoms with van der Waals surface area (Å²) in [6.45, 7) is 1.21. The van der Waals surface area contributed by atoms with Gasteiger partial charge >= 0.3 is 0 Å². The topological polar surface area (TPSA) is 62.7 Å². The molecular weight excluding hydrogens is 364 g/mol. The van der Waals surface area contributed by atoms with Gasteiger partial charge in [0.2, 0.25) is 5.88 Å². The number of pyridine rings is 1. The van der Waals surface area contributed by atoms with Crippen LogP contribution in [0.15, 0.2) is 54.6 Å². The molecule has 0 unspecified atom stereocenters. The maximum absolute atomic E-state index is 13.0. The predicted octanol–water partition coefficient (Wildman–Crippen LogP) is 4.28. The van der Waals surface area contributed by atoms with Gasteiger partial charge in [0.25, 0.3) is 5.91 Å². The Morgan fingerprint density at radius 2 is 1.81 bits per heavy atom. The van der Waals surface area contributed by atoms with E-state index in [-0.39, 0.29) is 17.9 Å². The van der Waals surface area contributed by atoms with Crippen LogP contribution in [0.4, 0.5) is 0 Å². The number of benzene rings is 2. The summed E-state index contributed by atoms with van der Waals surface area (Å²) in [5.41, 5.74) is 1.09. The molecule has 0 spiro atoms. The summed E-state index contributed by atoms with van der Waals surface area (Å²) in [4.78, 5) is 18.9. The van der Waals surface area contributed by atoms with Gasteiger partial charge in [0.05, 0.1) is 11.1 Å². The largest absolute Gasteiger partial charge is 0.493 e. The number of amides is 1. The molecule has 6 heteroatoms. The second kappa shape index (κ2) is 7.45. The number of para-hydroxylation sites is 1. The Bertz CT molecular complexity index is 967. The zero-order valence-corrected chi connectivity index (χ0v) is 15.4. The second-order valence-corrected chi connectivity index (χ2v) is 7.04. The number of carbonyl (C=O) groups excluding carboxylic acids is 1. The Morgan fingerprint density at radius 1 is 1.11 bits per heavy atom. The molecule has 0 saturated carbocycles. The summed E-state index contributed by atoms with van der Waals surface area (Å²) >= 11 is 5.90. The fraction of sp³-hybridized carbons (Fsp3) is 0.238. The molecule has 1 aromatic heterocycles. The fourth-order valence-electron chi connectivity index (χ4n) is 3.39. The molecule has 0 aliphatic carbocycles.